The van der Waals surface area contributed by atoms with Gasteiger partial charge in [-0.1, -0.05) is 158 Å². The number of benzene rings is 8. The van der Waals surface area contributed by atoms with Gasteiger partial charge in [0.15, 0.2) is 17.5 Å². The molecule has 0 aliphatic carbocycles. The zero-order valence-electron chi connectivity index (χ0n) is 31.8. The molecular formula is C53H34N6. The Bertz CT molecular complexity index is 3180. The number of para-hydroxylation sites is 1. The number of rotatable bonds is 7. The van der Waals surface area contributed by atoms with Crippen molar-refractivity contribution in [2.75, 3.05) is 0 Å². The minimum Gasteiger partial charge on any atom is -0.292 e. The number of fused-ring (bicyclic) bond motifs is 3. The van der Waals surface area contributed by atoms with Crippen molar-refractivity contribution in [3.8, 4) is 73.5 Å². The second-order valence-electron chi connectivity index (χ2n) is 14.5. The summed E-state index contributed by atoms with van der Waals surface area (Å²) in [5, 5.41) is 4.72. The molecule has 0 atom stereocenters. The average Bonchev–Trinajstić information content (AvgIpc) is 3.71. The number of imidazole rings is 1. The van der Waals surface area contributed by atoms with Gasteiger partial charge >= 0.3 is 0 Å². The zero-order chi connectivity index (χ0) is 39.1. The van der Waals surface area contributed by atoms with Gasteiger partial charge in [-0.2, -0.15) is 0 Å². The van der Waals surface area contributed by atoms with Gasteiger partial charge < -0.3 is 0 Å². The number of aromatic nitrogens is 6. The molecule has 0 aliphatic heterocycles. The largest absolute Gasteiger partial charge is 0.292 e. The maximum atomic E-state index is 5.15. The topological polar surface area (TPSA) is 69.4 Å². The van der Waals surface area contributed by atoms with Crippen LogP contribution >= 0.6 is 0 Å². The molecule has 6 nitrogen and oxygen atoms in total. The Morgan fingerprint density at radius 2 is 0.780 bits per heavy atom. The molecule has 59 heavy (non-hydrogen) atoms. The highest BCUT2D eigenvalue weighted by Crippen LogP contribution is 2.45. The van der Waals surface area contributed by atoms with Gasteiger partial charge in [-0.25, -0.2) is 19.9 Å². The highest BCUT2D eigenvalue weighted by molar-refractivity contribution is 6.21. The molecule has 11 aromatic rings. The van der Waals surface area contributed by atoms with E-state index in [0.717, 1.165) is 55.9 Å². The molecule has 0 N–H and O–H groups in total. The standard InChI is InChI=1S/C53H34N6/c1-4-15-36(16-5-1)50-56-51(37-17-6-2-7-18-37)58-52(57-50)38-28-26-35(27-29-38)48-42-22-10-12-24-44(42)49(45-25-13-11-23-43(45)48)39-30-31-46-47(33-39)59(41-20-8-3-9-21-41)53(55-46)40-19-14-32-54-34-40/h1-34H. The molecule has 276 valence electrons. The molecule has 8 aromatic carbocycles. The van der Waals surface area contributed by atoms with E-state index in [1.807, 2.05) is 79.0 Å². The van der Waals surface area contributed by atoms with E-state index in [9.17, 15) is 0 Å². The summed E-state index contributed by atoms with van der Waals surface area (Å²) in [6, 6.07) is 67.4. The number of pyridine rings is 1. The van der Waals surface area contributed by atoms with E-state index in [4.69, 9.17) is 19.9 Å². The number of hydrogen-bond donors (Lipinski definition) is 0. The molecule has 3 heterocycles. The summed E-state index contributed by atoms with van der Waals surface area (Å²) in [6.45, 7) is 0. The summed E-state index contributed by atoms with van der Waals surface area (Å²) in [5.41, 5.74) is 11.4. The molecule has 0 saturated carbocycles. The van der Waals surface area contributed by atoms with Crippen molar-refractivity contribution in [3.63, 3.8) is 0 Å². The van der Waals surface area contributed by atoms with Crippen LogP contribution < -0.4 is 0 Å². The lowest BCUT2D eigenvalue weighted by Crippen LogP contribution is -2.00. The molecule has 0 unspecified atom stereocenters. The highest BCUT2D eigenvalue weighted by atomic mass is 15.1. The van der Waals surface area contributed by atoms with Crippen LogP contribution in [0.4, 0.5) is 0 Å². The van der Waals surface area contributed by atoms with E-state index in [0.29, 0.717) is 17.5 Å². The SMILES string of the molecule is c1ccc(-c2nc(-c3ccccc3)nc(-c3ccc(-c4c5ccccc5c(-c5ccc6nc(-c7cccnc7)n(-c7ccccc7)c6c5)c5ccccc45)cc3)n2)cc1. The first-order valence-corrected chi connectivity index (χ1v) is 19.7. The van der Waals surface area contributed by atoms with Gasteiger partial charge in [0.2, 0.25) is 0 Å². The Hall–Kier alpha value is -8.09. The molecule has 6 heteroatoms. The second kappa shape index (κ2) is 14.4. The van der Waals surface area contributed by atoms with Gasteiger partial charge in [0.1, 0.15) is 5.82 Å². The van der Waals surface area contributed by atoms with E-state index in [1.54, 1.807) is 6.20 Å². The Morgan fingerprint density at radius 3 is 1.31 bits per heavy atom. The van der Waals surface area contributed by atoms with Crippen molar-refractivity contribution in [3.05, 3.63) is 207 Å². The summed E-state index contributed by atoms with van der Waals surface area (Å²) in [7, 11) is 0. The zero-order valence-corrected chi connectivity index (χ0v) is 31.8. The van der Waals surface area contributed by atoms with Gasteiger partial charge in [0, 0.05) is 40.3 Å². The van der Waals surface area contributed by atoms with Gasteiger partial charge in [-0.05, 0) is 80.2 Å². The lowest BCUT2D eigenvalue weighted by atomic mass is 9.86. The van der Waals surface area contributed by atoms with Crippen LogP contribution in [0.1, 0.15) is 0 Å². The Morgan fingerprint density at radius 1 is 0.339 bits per heavy atom. The lowest BCUT2D eigenvalue weighted by Gasteiger charge is -2.18. The van der Waals surface area contributed by atoms with Crippen molar-refractivity contribution < 1.29 is 0 Å². The summed E-state index contributed by atoms with van der Waals surface area (Å²) >= 11 is 0. The van der Waals surface area contributed by atoms with Crippen molar-refractivity contribution in [2.24, 2.45) is 0 Å². The maximum Gasteiger partial charge on any atom is 0.164 e. The van der Waals surface area contributed by atoms with Crippen LogP contribution in [-0.4, -0.2) is 29.5 Å². The lowest BCUT2D eigenvalue weighted by molar-refractivity contribution is 1.07. The maximum absolute atomic E-state index is 5.15. The Balaban J connectivity index is 1.07. The average molecular weight is 755 g/mol. The van der Waals surface area contributed by atoms with Crippen LogP contribution in [0, 0.1) is 0 Å². The molecule has 0 radical (unpaired) electrons. The third kappa shape index (κ3) is 6.11. The fraction of sp³-hybridized carbons (Fsp3) is 0. The van der Waals surface area contributed by atoms with E-state index in [-0.39, 0.29) is 0 Å². The molecule has 0 saturated heterocycles. The third-order valence-electron chi connectivity index (χ3n) is 10.9. The van der Waals surface area contributed by atoms with Gasteiger partial charge in [-0.15, -0.1) is 0 Å². The van der Waals surface area contributed by atoms with Gasteiger partial charge in [0.25, 0.3) is 0 Å². The Kier molecular flexibility index (Phi) is 8.37. The van der Waals surface area contributed by atoms with Crippen LogP contribution in [0.25, 0.3) is 106 Å². The summed E-state index contributed by atoms with van der Waals surface area (Å²) < 4.78 is 2.24. The predicted molar refractivity (Wildman–Crippen MR) is 240 cm³/mol. The molecule has 0 fully saturated rings. The third-order valence-corrected chi connectivity index (χ3v) is 10.9. The molecule has 11 rings (SSSR count). The monoisotopic (exact) mass is 754 g/mol. The molecule has 0 amide bonds. The van der Waals surface area contributed by atoms with Crippen molar-refractivity contribution in [1.29, 1.82) is 0 Å². The first-order chi connectivity index (χ1) is 29.3. The molecule has 0 bridgehead atoms. The second-order valence-corrected chi connectivity index (χ2v) is 14.5. The van der Waals surface area contributed by atoms with Crippen LogP contribution in [0.2, 0.25) is 0 Å². The summed E-state index contributed by atoms with van der Waals surface area (Å²) in [4.78, 5) is 24.4. The smallest absolute Gasteiger partial charge is 0.164 e. The van der Waals surface area contributed by atoms with E-state index in [1.165, 1.54) is 32.7 Å². The first kappa shape index (κ1) is 34.2. The van der Waals surface area contributed by atoms with Crippen LogP contribution in [0.15, 0.2) is 207 Å². The number of nitrogens with zero attached hydrogens (tertiary/aromatic N) is 6. The quantitative estimate of drug-likeness (QED) is 0.152. The Labute approximate surface area is 340 Å². The van der Waals surface area contributed by atoms with Crippen molar-refractivity contribution in [2.45, 2.75) is 0 Å². The van der Waals surface area contributed by atoms with Crippen molar-refractivity contribution in [1.82, 2.24) is 29.5 Å². The predicted octanol–water partition coefficient (Wildman–Crippen LogP) is 12.9. The van der Waals surface area contributed by atoms with Crippen molar-refractivity contribution >= 4 is 32.6 Å². The molecule has 0 aliphatic rings. The van der Waals surface area contributed by atoms with Gasteiger partial charge in [0.05, 0.1) is 11.0 Å². The molecule has 3 aromatic heterocycles. The van der Waals surface area contributed by atoms with Crippen LogP contribution in [-0.2, 0) is 0 Å². The number of hydrogen-bond acceptors (Lipinski definition) is 5. The first-order valence-electron chi connectivity index (χ1n) is 19.7. The fourth-order valence-corrected chi connectivity index (χ4v) is 8.23. The molecule has 0 spiro atoms. The summed E-state index contributed by atoms with van der Waals surface area (Å²) in [6.07, 6.45) is 3.67. The van der Waals surface area contributed by atoms with E-state index >= 15 is 0 Å². The minimum atomic E-state index is 0.631. The molecular weight excluding hydrogens is 721 g/mol. The van der Waals surface area contributed by atoms with Crippen LogP contribution in [0.3, 0.4) is 0 Å². The fourth-order valence-electron chi connectivity index (χ4n) is 8.23. The minimum absolute atomic E-state index is 0.631. The highest BCUT2D eigenvalue weighted by Gasteiger charge is 2.20. The van der Waals surface area contributed by atoms with E-state index in [2.05, 4.69) is 131 Å². The summed E-state index contributed by atoms with van der Waals surface area (Å²) in [5.74, 6) is 2.77. The normalized spacial score (nSPS) is 11.4. The van der Waals surface area contributed by atoms with Gasteiger partial charge in [-0.3, -0.25) is 9.55 Å². The van der Waals surface area contributed by atoms with E-state index < -0.39 is 0 Å². The van der Waals surface area contributed by atoms with Crippen LogP contribution in [0.5, 0.6) is 0 Å².